The zero-order valence-electron chi connectivity index (χ0n) is 14.7. The summed E-state index contributed by atoms with van der Waals surface area (Å²) in [5.74, 6) is 1.38. The summed E-state index contributed by atoms with van der Waals surface area (Å²) in [5.41, 5.74) is 6.44. The molecule has 1 aliphatic carbocycles. The Morgan fingerprint density at radius 2 is 2.11 bits per heavy atom. The van der Waals surface area contributed by atoms with Gasteiger partial charge in [0.15, 0.2) is 18.2 Å². The van der Waals surface area contributed by atoms with Gasteiger partial charge in [0, 0.05) is 11.8 Å². The monoisotopic (exact) mass is 368 g/mol. The first-order chi connectivity index (χ1) is 13.1. The van der Waals surface area contributed by atoms with E-state index in [-0.39, 0.29) is 18.3 Å². The van der Waals surface area contributed by atoms with Crippen molar-refractivity contribution < 1.29 is 18.5 Å². The molecule has 0 radical (unpaired) electrons. The van der Waals surface area contributed by atoms with Crippen molar-refractivity contribution in [2.45, 2.75) is 37.8 Å². The fraction of sp³-hybridized carbons (Fsp3) is 0.316. The van der Waals surface area contributed by atoms with Crippen LogP contribution in [0.4, 0.5) is 5.69 Å². The molecule has 3 N–H and O–H groups in total. The van der Waals surface area contributed by atoms with E-state index in [0.717, 1.165) is 25.7 Å². The number of rotatable bonds is 6. The molecule has 1 amide bonds. The van der Waals surface area contributed by atoms with Gasteiger partial charge in [-0.3, -0.25) is 4.79 Å². The fourth-order valence-corrected chi connectivity index (χ4v) is 3.15. The molecule has 1 aromatic carbocycles. The summed E-state index contributed by atoms with van der Waals surface area (Å²) in [7, 11) is 0. The lowest BCUT2D eigenvalue weighted by molar-refractivity contribution is 0.0996. The molecule has 27 heavy (non-hydrogen) atoms. The maximum atomic E-state index is 12.0. The normalized spacial score (nSPS) is 15.6. The highest BCUT2D eigenvalue weighted by atomic mass is 16.5. The van der Waals surface area contributed by atoms with E-state index < -0.39 is 5.54 Å². The average Bonchev–Trinajstić information content (AvgIpc) is 3.42. The van der Waals surface area contributed by atoms with Crippen LogP contribution in [0.1, 0.15) is 48.0 Å². The van der Waals surface area contributed by atoms with Gasteiger partial charge >= 0.3 is 0 Å². The molecule has 0 spiro atoms. The Morgan fingerprint density at radius 1 is 1.26 bits per heavy atom. The first-order valence-corrected chi connectivity index (χ1v) is 8.82. The number of nitrogens with one attached hydrogen (secondary N) is 1. The van der Waals surface area contributed by atoms with E-state index in [9.17, 15) is 4.79 Å². The minimum absolute atomic E-state index is 0.124. The molecule has 140 valence electrons. The molecule has 2 aromatic heterocycles. The van der Waals surface area contributed by atoms with Gasteiger partial charge in [0.25, 0.3) is 11.8 Å². The highest BCUT2D eigenvalue weighted by molar-refractivity contribution is 6.02. The van der Waals surface area contributed by atoms with Crippen LogP contribution in [0.15, 0.2) is 51.6 Å². The highest BCUT2D eigenvalue weighted by Gasteiger charge is 2.35. The summed E-state index contributed by atoms with van der Waals surface area (Å²) in [6.07, 6.45) is 5.33. The maximum Gasteiger partial charge on any atom is 0.291 e. The van der Waals surface area contributed by atoms with Gasteiger partial charge in [-0.25, -0.2) is 0 Å². The number of nitrogens with zero attached hydrogens (tertiary/aromatic N) is 2. The highest BCUT2D eigenvalue weighted by Crippen LogP contribution is 2.34. The molecule has 0 saturated heterocycles. The molecule has 8 heteroatoms. The summed E-state index contributed by atoms with van der Waals surface area (Å²) in [5, 5.41) is 6.76. The van der Waals surface area contributed by atoms with Crippen LogP contribution >= 0.6 is 0 Å². The molecule has 1 saturated carbocycles. The predicted octanol–water partition coefficient (Wildman–Crippen LogP) is 3.22. The second-order valence-electron chi connectivity index (χ2n) is 6.62. The van der Waals surface area contributed by atoms with Crippen molar-refractivity contribution in [3.63, 3.8) is 0 Å². The van der Waals surface area contributed by atoms with Crippen molar-refractivity contribution in [1.29, 1.82) is 0 Å². The van der Waals surface area contributed by atoms with Crippen molar-refractivity contribution in [2.24, 2.45) is 5.73 Å². The Hall–Kier alpha value is -3.13. The quantitative estimate of drug-likeness (QED) is 0.686. The number of amides is 1. The predicted molar refractivity (Wildman–Crippen MR) is 96.1 cm³/mol. The van der Waals surface area contributed by atoms with Crippen LogP contribution < -0.4 is 15.8 Å². The SMILES string of the molecule is NC1(c2noc(COc3cccc(NC(=O)c4ccco4)c3)n2)CCCC1. The number of carbonyl (C=O) groups excluding carboxylic acids is 1. The van der Waals surface area contributed by atoms with Gasteiger partial charge in [0.05, 0.1) is 11.8 Å². The number of ether oxygens (including phenoxy) is 1. The first kappa shape index (κ1) is 17.3. The number of hydrogen-bond acceptors (Lipinski definition) is 7. The van der Waals surface area contributed by atoms with E-state index in [1.165, 1.54) is 6.26 Å². The molecule has 0 unspecified atom stereocenters. The van der Waals surface area contributed by atoms with E-state index in [1.807, 2.05) is 0 Å². The summed E-state index contributed by atoms with van der Waals surface area (Å²) in [4.78, 5) is 16.4. The van der Waals surface area contributed by atoms with E-state index in [0.29, 0.717) is 23.2 Å². The molecule has 0 aliphatic heterocycles. The molecule has 2 heterocycles. The molecule has 0 atom stereocenters. The Labute approximate surface area is 155 Å². The molecular formula is C19H20N4O4. The lowest BCUT2D eigenvalue weighted by atomic mass is 9.99. The number of aromatic nitrogens is 2. The van der Waals surface area contributed by atoms with Gasteiger partial charge in [0.1, 0.15) is 5.75 Å². The molecule has 8 nitrogen and oxygen atoms in total. The van der Waals surface area contributed by atoms with Crippen molar-refractivity contribution >= 4 is 11.6 Å². The Bertz CT molecular complexity index is 913. The van der Waals surface area contributed by atoms with Crippen LogP contribution in [-0.4, -0.2) is 16.0 Å². The average molecular weight is 368 g/mol. The number of benzene rings is 1. The van der Waals surface area contributed by atoms with Crippen molar-refractivity contribution in [2.75, 3.05) is 5.32 Å². The molecule has 1 fully saturated rings. The Kier molecular flexibility index (Phi) is 4.64. The first-order valence-electron chi connectivity index (χ1n) is 8.82. The largest absolute Gasteiger partial charge is 0.484 e. The Morgan fingerprint density at radius 3 is 2.89 bits per heavy atom. The zero-order chi connectivity index (χ0) is 18.7. The van der Waals surface area contributed by atoms with Gasteiger partial charge in [-0.1, -0.05) is 24.1 Å². The zero-order valence-corrected chi connectivity index (χ0v) is 14.7. The second-order valence-corrected chi connectivity index (χ2v) is 6.62. The molecule has 3 aromatic rings. The standard InChI is InChI=1S/C19H20N4O4/c20-19(8-1-2-9-19)18-22-16(27-23-18)12-26-14-6-3-5-13(11-14)21-17(24)15-7-4-10-25-15/h3-7,10-11H,1-2,8-9,12,20H2,(H,21,24). The topological polar surface area (TPSA) is 116 Å². The Balaban J connectivity index is 1.37. The minimum Gasteiger partial charge on any atom is -0.484 e. The lowest BCUT2D eigenvalue weighted by Crippen LogP contribution is -2.34. The summed E-state index contributed by atoms with van der Waals surface area (Å²) in [6, 6.07) is 10.3. The molecule has 0 bridgehead atoms. The van der Waals surface area contributed by atoms with Gasteiger partial charge in [-0.15, -0.1) is 0 Å². The molecular weight excluding hydrogens is 348 g/mol. The number of anilines is 1. The summed E-state index contributed by atoms with van der Waals surface area (Å²) in [6.45, 7) is 0.124. The third kappa shape index (κ3) is 3.85. The van der Waals surface area contributed by atoms with E-state index >= 15 is 0 Å². The minimum atomic E-state index is -0.488. The van der Waals surface area contributed by atoms with Crippen LogP contribution in [0.25, 0.3) is 0 Å². The van der Waals surface area contributed by atoms with Crippen LogP contribution in [0.2, 0.25) is 0 Å². The van der Waals surface area contributed by atoms with E-state index in [2.05, 4.69) is 15.5 Å². The smallest absolute Gasteiger partial charge is 0.291 e. The van der Waals surface area contributed by atoms with Crippen molar-refractivity contribution in [1.82, 2.24) is 10.1 Å². The second kappa shape index (κ2) is 7.24. The van der Waals surface area contributed by atoms with E-state index in [4.69, 9.17) is 19.4 Å². The van der Waals surface area contributed by atoms with Crippen LogP contribution in [0.3, 0.4) is 0 Å². The van der Waals surface area contributed by atoms with Gasteiger partial charge in [-0.2, -0.15) is 4.98 Å². The summed E-state index contributed by atoms with van der Waals surface area (Å²) < 4.78 is 16.0. The van der Waals surface area contributed by atoms with Crippen LogP contribution in [-0.2, 0) is 12.1 Å². The third-order valence-corrected chi connectivity index (χ3v) is 4.61. The lowest BCUT2D eigenvalue weighted by Gasteiger charge is -2.17. The van der Waals surface area contributed by atoms with E-state index in [1.54, 1.807) is 36.4 Å². The third-order valence-electron chi connectivity index (χ3n) is 4.61. The van der Waals surface area contributed by atoms with Crippen molar-refractivity contribution in [3.8, 4) is 5.75 Å². The van der Waals surface area contributed by atoms with Crippen LogP contribution in [0, 0.1) is 0 Å². The van der Waals surface area contributed by atoms with Gasteiger partial charge < -0.3 is 24.7 Å². The number of nitrogens with two attached hydrogens (primary N) is 1. The van der Waals surface area contributed by atoms with Gasteiger partial charge in [-0.05, 0) is 37.1 Å². The van der Waals surface area contributed by atoms with Crippen molar-refractivity contribution in [3.05, 3.63) is 60.1 Å². The molecule has 1 aliphatic rings. The fourth-order valence-electron chi connectivity index (χ4n) is 3.15. The van der Waals surface area contributed by atoms with Crippen LogP contribution in [0.5, 0.6) is 5.75 Å². The number of carbonyl (C=O) groups is 1. The maximum absolute atomic E-state index is 12.0. The van der Waals surface area contributed by atoms with Gasteiger partial charge in [0.2, 0.25) is 0 Å². The summed E-state index contributed by atoms with van der Waals surface area (Å²) >= 11 is 0. The number of hydrogen-bond donors (Lipinski definition) is 2. The molecule has 4 rings (SSSR count). The number of furan rings is 1.